The smallest absolute Gasteiger partial charge is 0.252 e. The number of aryl methyl sites for hydroxylation is 1. The van der Waals surface area contributed by atoms with Crippen LogP contribution in [0.25, 0.3) is 0 Å². The van der Waals surface area contributed by atoms with Crippen molar-refractivity contribution in [1.29, 1.82) is 0 Å². The topological polar surface area (TPSA) is 70.1 Å². The first-order valence-electron chi connectivity index (χ1n) is 7.36. The Morgan fingerprint density at radius 1 is 1.45 bits per heavy atom. The number of aromatic nitrogens is 2. The van der Waals surface area contributed by atoms with E-state index in [1.54, 1.807) is 6.92 Å². The number of H-pyrrole nitrogens is 1. The Kier molecular flexibility index (Phi) is 4.57. The van der Waals surface area contributed by atoms with Gasteiger partial charge in [0, 0.05) is 23.4 Å². The molecule has 0 aliphatic heterocycles. The van der Waals surface area contributed by atoms with Gasteiger partial charge in [-0.15, -0.1) is 0 Å². The fourth-order valence-corrected chi connectivity index (χ4v) is 2.84. The van der Waals surface area contributed by atoms with Gasteiger partial charge in [-0.1, -0.05) is 20.8 Å². The lowest BCUT2D eigenvalue weighted by Crippen LogP contribution is -2.28. The molecule has 1 aliphatic rings. The molecule has 0 bridgehead atoms. The van der Waals surface area contributed by atoms with Crippen molar-refractivity contribution < 1.29 is 0 Å². The molecule has 2 atom stereocenters. The van der Waals surface area contributed by atoms with Crippen molar-refractivity contribution in [3.05, 3.63) is 22.1 Å². The number of anilines is 1. The molecule has 0 saturated heterocycles. The Hall–Kier alpha value is -1.65. The molecule has 5 nitrogen and oxygen atoms in total. The summed E-state index contributed by atoms with van der Waals surface area (Å²) in [6, 6.07) is 1.47. The third kappa shape index (κ3) is 3.68. The predicted molar refractivity (Wildman–Crippen MR) is 82.0 cm³/mol. The standard InChI is InChI=1S/C15H24N4O/c1-9(2)12-6-5-10(3)7-13(12)18-19-15-16-11(4)8-14(20)17-15/h8-10,12H,5-7H2,1-4H3,(H2,16,17,19,20)/b18-13-/t10-,12+/m0/s1. The van der Waals surface area contributed by atoms with E-state index in [1.807, 2.05) is 0 Å². The molecule has 0 amide bonds. The lowest BCUT2D eigenvalue weighted by Gasteiger charge is -2.30. The SMILES string of the molecule is Cc1cc(=O)[nH]c(N/N=C2/C[C@@H](C)CC[C@@H]2C(C)C)n1. The summed E-state index contributed by atoms with van der Waals surface area (Å²) < 4.78 is 0. The molecule has 5 heteroatoms. The minimum Gasteiger partial charge on any atom is -0.291 e. The first-order chi connectivity index (χ1) is 9.45. The van der Waals surface area contributed by atoms with Crippen LogP contribution in [0.3, 0.4) is 0 Å². The summed E-state index contributed by atoms with van der Waals surface area (Å²) in [5, 5.41) is 4.52. The van der Waals surface area contributed by atoms with Gasteiger partial charge in [-0.05, 0) is 38.0 Å². The van der Waals surface area contributed by atoms with E-state index in [2.05, 4.69) is 41.3 Å². The van der Waals surface area contributed by atoms with Gasteiger partial charge in [-0.2, -0.15) is 5.10 Å². The molecule has 2 N–H and O–H groups in total. The van der Waals surface area contributed by atoms with Crippen molar-refractivity contribution in [2.24, 2.45) is 22.9 Å². The van der Waals surface area contributed by atoms with Gasteiger partial charge in [0.05, 0.1) is 0 Å². The van der Waals surface area contributed by atoms with Gasteiger partial charge in [0.2, 0.25) is 5.95 Å². The fourth-order valence-electron chi connectivity index (χ4n) is 2.84. The van der Waals surface area contributed by atoms with Crippen molar-refractivity contribution in [2.45, 2.75) is 47.0 Å². The van der Waals surface area contributed by atoms with E-state index in [9.17, 15) is 4.79 Å². The van der Waals surface area contributed by atoms with Crippen molar-refractivity contribution in [2.75, 3.05) is 5.43 Å². The van der Waals surface area contributed by atoms with Crippen LogP contribution in [0.4, 0.5) is 5.95 Å². The molecule has 1 aliphatic carbocycles. The van der Waals surface area contributed by atoms with E-state index >= 15 is 0 Å². The molecule has 1 fully saturated rings. The van der Waals surface area contributed by atoms with Gasteiger partial charge in [-0.25, -0.2) is 10.4 Å². The van der Waals surface area contributed by atoms with E-state index in [1.165, 1.54) is 24.6 Å². The fraction of sp³-hybridized carbons (Fsp3) is 0.667. The number of nitrogens with zero attached hydrogens (tertiary/aromatic N) is 2. The zero-order chi connectivity index (χ0) is 14.7. The largest absolute Gasteiger partial charge is 0.291 e. The van der Waals surface area contributed by atoms with Crippen LogP contribution in [0.15, 0.2) is 16.0 Å². The zero-order valence-electron chi connectivity index (χ0n) is 12.7. The van der Waals surface area contributed by atoms with Crippen LogP contribution in [-0.4, -0.2) is 15.7 Å². The lowest BCUT2D eigenvalue weighted by molar-refractivity contribution is 0.364. The highest BCUT2D eigenvalue weighted by molar-refractivity contribution is 5.88. The quantitative estimate of drug-likeness (QED) is 0.834. The second-order valence-corrected chi connectivity index (χ2v) is 6.19. The summed E-state index contributed by atoms with van der Waals surface area (Å²) >= 11 is 0. The summed E-state index contributed by atoms with van der Waals surface area (Å²) in [4.78, 5) is 18.3. The van der Waals surface area contributed by atoms with E-state index < -0.39 is 0 Å². The van der Waals surface area contributed by atoms with E-state index in [-0.39, 0.29) is 5.56 Å². The Morgan fingerprint density at radius 2 is 2.20 bits per heavy atom. The van der Waals surface area contributed by atoms with Crippen LogP contribution >= 0.6 is 0 Å². The summed E-state index contributed by atoms with van der Waals surface area (Å²) in [5.74, 6) is 2.21. The molecule has 0 unspecified atom stereocenters. The highest BCUT2D eigenvalue weighted by Crippen LogP contribution is 2.31. The lowest BCUT2D eigenvalue weighted by atomic mass is 9.76. The molecule has 0 aromatic carbocycles. The predicted octanol–water partition coefficient (Wildman–Crippen LogP) is 2.94. The van der Waals surface area contributed by atoms with Crippen LogP contribution in [0, 0.1) is 24.7 Å². The monoisotopic (exact) mass is 276 g/mol. The summed E-state index contributed by atoms with van der Waals surface area (Å²) in [5.41, 5.74) is 4.65. The van der Waals surface area contributed by atoms with Crippen LogP contribution in [0.1, 0.15) is 45.7 Å². The highest BCUT2D eigenvalue weighted by Gasteiger charge is 2.27. The number of nitrogens with one attached hydrogen (secondary N) is 2. The van der Waals surface area contributed by atoms with Crippen molar-refractivity contribution >= 4 is 11.7 Å². The number of aromatic amines is 1. The maximum absolute atomic E-state index is 11.4. The third-order valence-corrected chi connectivity index (χ3v) is 3.94. The van der Waals surface area contributed by atoms with Crippen molar-refractivity contribution in [3.63, 3.8) is 0 Å². The number of hydrogen-bond donors (Lipinski definition) is 2. The molecule has 1 aromatic rings. The number of rotatable bonds is 3. The minimum absolute atomic E-state index is 0.155. The second-order valence-electron chi connectivity index (χ2n) is 6.19. The number of hydrogen-bond acceptors (Lipinski definition) is 4. The molecule has 0 radical (unpaired) electrons. The molecular weight excluding hydrogens is 252 g/mol. The van der Waals surface area contributed by atoms with Gasteiger partial charge >= 0.3 is 0 Å². The normalized spacial score (nSPS) is 25.1. The van der Waals surface area contributed by atoms with E-state index in [4.69, 9.17) is 0 Å². The van der Waals surface area contributed by atoms with Crippen LogP contribution in [0.2, 0.25) is 0 Å². The van der Waals surface area contributed by atoms with Gasteiger partial charge in [0.1, 0.15) is 0 Å². The Labute approximate surface area is 119 Å². The summed E-state index contributed by atoms with van der Waals surface area (Å²) in [6.45, 7) is 8.54. The average molecular weight is 276 g/mol. The molecule has 110 valence electrons. The molecule has 1 aromatic heterocycles. The number of hydrazone groups is 1. The molecular formula is C15H24N4O. The van der Waals surface area contributed by atoms with Crippen LogP contribution in [0.5, 0.6) is 0 Å². The highest BCUT2D eigenvalue weighted by atomic mass is 16.1. The summed E-state index contributed by atoms with van der Waals surface area (Å²) in [7, 11) is 0. The average Bonchev–Trinajstić information content (AvgIpc) is 2.35. The molecule has 1 heterocycles. The first kappa shape index (κ1) is 14.8. The molecule has 1 saturated carbocycles. The molecule has 2 rings (SSSR count). The van der Waals surface area contributed by atoms with E-state index in [0.29, 0.717) is 29.4 Å². The maximum atomic E-state index is 11.4. The Morgan fingerprint density at radius 3 is 2.85 bits per heavy atom. The first-order valence-corrected chi connectivity index (χ1v) is 7.36. The zero-order valence-corrected chi connectivity index (χ0v) is 12.7. The minimum atomic E-state index is -0.155. The van der Waals surface area contributed by atoms with Crippen LogP contribution < -0.4 is 11.0 Å². The van der Waals surface area contributed by atoms with Crippen molar-refractivity contribution in [1.82, 2.24) is 9.97 Å². The van der Waals surface area contributed by atoms with Gasteiger partial charge in [0.15, 0.2) is 0 Å². The van der Waals surface area contributed by atoms with Gasteiger partial charge < -0.3 is 0 Å². The summed E-state index contributed by atoms with van der Waals surface area (Å²) in [6.07, 6.45) is 3.48. The van der Waals surface area contributed by atoms with Crippen LogP contribution in [-0.2, 0) is 0 Å². The van der Waals surface area contributed by atoms with Gasteiger partial charge in [-0.3, -0.25) is 9.78 Å². The second kappa shape index (κ2) is 6.20. The van der Waals surface area contributed by atoms with Gasteiger partial charge in [0.25, 0.3) is 5.56 Å². The Balaban J connectivity index is 2.16. The third-order valence-electron chi connectivity index (χ3n) is 3.94. The molecule has 20 heavy (non-hydrogen) atoms. The van der Waals surface area contributed by atoms with E-state index in [0.717, 1.165) is 6.42 Å². The van der Waals surface area contributed by atoms with Crippen molar-refractivity contribution in [3.8, 4) is 0 Å². The molecule has 0 spiro atoms. The Bertz CT molecular complexity index is 547. The maximum Gasteiger partial charge on any atom is 0.252 e.